The van der Waals surface area contributed by atoms with E-state index in [1.807, 2.05) is 0 Å². The van der Waals surface area contributed by atoms with E-state index in [1.165, 1.54) is 12.1 Å². The van der Waals surface area contributed by atoms with Crippen molar-refractivity contribution in [2.24, 2.45) is 0 Å². The standard InChI is InChI=1S/C19H14FN3O2/c20-14-4-1-3-12(9-14)18-16-10-13(6-7-17(16)22-23-18)19(24)21-11-15-5-2-8-25-15/h1-10H,11H2,(H,21,24)(H,22,23). The summed E-state index contributed by atoms with van der Waals surface area (Å²) in [4.78, 5) is 12.4. The molecule has 4 aromatic rings. The minimum Gasteiger partial charge on any atom is -0.467 e. The highest BCUT2D eigenvalue weighted by atomic mass is 19.1. The van der Waals surface area contributed by atoms with Gasteiger partial charge in [-0.05, 0) is 42.5 Å². The van der Waals surface area contributed by atoms with Crippen molar-refractivity contribution in [1.29, 1.82) is 0 Å². The van der Waals surface area contributed by atoms with Gasteiger partial charge in [0, 0.05) is 16.5 Å². The number of aromatic nitrogens is 2. The number of benzene rings is 2. The fourth-order valence-corrected chi connectivity index (χ4v) is 2.69. The Labute approximate surface area is 142 Å². The van der Waals surface area contributed by atoms with E-state index >= 15 is 0 Å². The van der Waals surface area contributed by atoms with Crippen LogP contribution in [0.5, 0.6) is 0 Å². The summed E-state index contributed by atoms with van der Waals surface area (Å²) in [7, 11) is 0. The molecule has 0 aliphatic rings. The highest BCUT2D eigenvalue weighted by Crippen LogP contribution is 2.27. The summed E-state index contributed by atoms with van der Waals surface area (Å²) in [6, 6.07) is 15.0. The van der Waals surface area contributed by atoms with Crippen molar-refractivity contribution in [3.05, 3.63) is 78.0 Å². The quantitative estimate of drug-likeness (QED) is 0.594. The summed E-state index contributed by atoms with van der Waals surface area (Å²) < 4.78 is 18.7. The summed E-state index contributed by atoms with van der Waals surface area (Å²) in [6.45, 7) is 0.312. The normalized spacial score (nSPS) is 10.9. The van der Waals surface area contributed by atoms with Crippen molar-refractivity contribution in [2.75, 3.05) is 0 Å². The average Bonchev–Trinajstić information content (AvgIpc) is 3.28. The number of aromatic amines is 1. The maximum Gasteiger partial charge on any atom is 0.251 e. The second-order valence-electron chi connectivity index (χ2n) is 5.60. The van der Waals surface area contributed by atoms with Crippen molar-refractivity contribution in [3.8, 4) is 11.3 Å². The zero-order valence-electron chi connectivity index (χ0n) is 13.1. The van der Waals surface area contributed by atoms with E-state index < -0.39 is 0 Å². The second kappa shape index (κ2) is 6.24. The monoisotopic (exact) mass is 335 g/mol. The number of nitrogens with one attached hydrogen (secondary N) is 2. The first-order valence-electron chi connectivity index (χ1n) is 7.75. The molecule has 2 aromatic heterocycles. The van der Waals surface area contributed by atoms with Crippen LogP contribution in [0.25, 0.3) is 22.2 Å². The first kappa shape index (κ1) is 15.1. The zero-order chi connectivity index (χ0) is 17.2. The maximum absolute atomic E-state index is 13.5. The van der Waals surface area contributed by atoms with Crippen molar-refractivity contribution in [1.82, 2.24) is 15.5 Å². The van der Waals surface area contributed by atoms with Gasteiger partial charge in [0.15, 0.2) is 0 Å². The second-order valence-corrected chi connectivity index (χ2v) is 5.60. The van der Waals surface area contributed by atoms with Gasteiger partial charge in [0.2, 0.25) is 0 Å². The fraction of sp³-hybridized carbons (Fsp3) is 0.0526. The summed E-state index contributed by atoms with van der Waals surface area (Å²) in [5, 5.41) is 10.7. The lowest BCUT2D eigenvalue weighted by molar-refractivity contribution is 0.0948. The first-order valence-corrected chi connectivity index (χ1v) is 7.75. The van der Waals surface area contributed by atoms with Gasteiger partial charge >= 0.3 is 0 Å². The Kier molecular flexibility index (Phi) is 3.78. The van der Waals surface area contributed by atoms with Gasteiger partial charge in [-0.3, -0.25) is 9.89 Å². The number of halogens is 1. The Balaban J connectivity index is 1.65. The molecule has 0 bridgehead atoms. The predicted octanol–water partition coefficient (Wildman–Crippen LogP) is 3.89. The molecule has 124 valence electrons. The molecular formula is C19H14FN3O2. The Morgan fingerprint density at radius 3 is 2.88 bits per heavy atom. The molecule has 4 rings (SSSR count). The molecule has 5 nitrogen and oxygen atoms in total. The Hall–Kier alpha value is -3.41. The fourth-order valence-electron chi connectivity index (χ4n) is 2.69. The number of hydrogen-bond donors (Lipinski definition) is 2. The smallest absolute Gasteiger partial charge is 0.251 e. The molecule has 2 aromatic carbocycles. The SMILES string of the molecule is O=C(NCc1ccco1)c1ccc2[nH]nc(-c3cccc(F)c3)c2c1. The molecule has 1 amide bonds. The predicted molar refractivity (Wildman–Crippen MR) is 91.4 cm³/mol. The summed E-state index contributed by atoms with van der Waals surface area (Å²) in [5.41, 5.74) is 2.54. The van der Waals surface area contributed by atoms with Crippen LogP contribution in [-0.2, 0) is 6.54 Å². The lowest BCUT2D eigenvalue weighted by atomic mass is 10.1. The van der Waals surface area contributed by atoms with Gasteiger partial charge in [-0.2, -0.15) is 5.10 Å². The highest BCUT2D eigenvalue weighted by molar-refractivity contribution is 6.01. The maximum atomic E-state index is 13.5. The number of amides is 1. The lowest BCUT2D eigenvalue weighted by Crippen LogP contribution is -2.22. The number of nitrogens with zero attached hydrogens (tertiary/aromatic N) is 1. The summed E-state index contributed by atoms with van der Waals surface area (Å²) in [5.74, 6) is 0.129. The summed E-state index contributed by atoms with van der Waals surface area (Å²) >= 11 is 0. The van der Waals surface area contributed by atoms with Crippen LogP contribution in [-0.4, -0.2) is 16.1 Å². The third-order valence-electron chi connectivity index (χ3n) is 3.93. The third kappa shape index (κ3) is 3.01. The number of carbonyl (C=O) groups is 1. The molecular weight excluding hydrogens is 321 g/mol. The van der Waals surface area contributed by atoms with Gasteiger partial charge in [0.25, 0.3) is 5.91 Å². The number of fused-ring (bicyclic) bond motifs is 1. The Bertz CT molecular complexity index is 1040. The van der Waals surface area contributed by atoms with Crippen LogP contribution in [0, 0.1) is 5.82 Å². The van der Waals surface area contributed by atoms with Crippen molar-refractivity contribution in [3.63, 3.8) is 0 Å². The van der Waals surface area contributed by atoms with E-state index in [1.54, 1.807) is 48.7 Å². The first-order chi connectivity index (χ1) is 12.2. The minimum absolute atomic E-state index is 0.218. The number of hydrogen-bond acceptors (Lipinski definition) is 3. The van der Waals surface area contributed by atoms with E-state index in [-0.39, 0.29) is 11.7 Å². The molecule has 0 spiro atoms. The highest BCUT2D eigenvalue weighted by Gasteiger charge is 2.13. The molecule has 0 radical (unpaired) electrons. The molecule has 0 unspecified atom stereocenters. The van der Waals surface area contributed by atoms with Gasteiger partial charge in [-0.25, -0.2) is 4.39 Å². The van der Waals surface area contributed by atoms with Crippen molar-refractivity contribution >= 4 is 16.8 Å². The molecule has 2 N–H and O–H groups in total. The van der Waals surface area contributed by atoms with Gasteiger partial charge in [0.1, 0.15) is 17.3 Å². The van der Waals surface area contributed by atoms with Gasteiger partial charge in [-0.1, -0.05) is 12.1 Å². The molecule has 0 fully saturated rings. The topological polar surface area (TPSA) is 70.9 Å². The average molecular weight is 335 g/mol. The van der Waals surface area contributed by atoms with E-state index in [9.17, 15) is 9.18 Å². The largest absolute Gasteiger partial charge is 0.467 e. The van der Waals surface area contributed by atoms with Gasteiger partial charge in [-0.15, -0.1) is 0 Å². The molecule has 0 aliphatic heterocycles. The van der Waals surface area contributed by atoms with Crippen molar-refractivity contribution in [2.45, 2.75) is 6.54 Å². The van der Waals surface area contributed by atoms with Crippen LogP contribution in [0.15, 0.2) is 65.3 Å². The molecule has 6 heteroatoms. The van der Waals surface area contributed by atoms with E-state index in [0.29, 0.717) is 29.1 Å². The van der Waals surface area contributed by atoms with Crippen LogP contribution < -0.4 is 5.32 Å². The lowest BCUT2D eigenvalue weighted by Gasteiger charge is -2.04. The van der Waals surface area contributed by atoms with E-state index in [2.05, 4.69) is 15.5 Å². The van der Waals surface area contributed by atoms with Gasteiger partial charge in [0.05, 0.1) is 18.3 Å². The summed E-state index contributed by atoms with van der Waals surface area (Å²) in [6.07, 6.45) is 1.56. The van der Waals surface area contributed by atoms with Crippen LogP contribution in [0.3, 0.4) is 0 Å². The minimum atomic E-state index is -0.332. The molecule has 0 atom stereocenters. The molecule has 0 saturated carbocycles. The molecule has 25 heavy (non-hydrogen) atoms. The number of furan rings is 1. The third-order valence-corrected chi connectivity index (χ3v) is 3.93. The Morgan fingerprint density at radius 1 is 1.16 bits per heavy atom. The van der Waals surface area contributed by atoms with Crippen LogP contribution in [0.1, 0.15) is 16.1 Å². The molecule has 0 aliphatic carbocycles. The number of rotatable bonds is 4. The molecule has 0 saturated heterocycles. The van der Waals surface area contributed by atoms with Crippen LogP contribution >= 0.6 is 0 Å². The zero-order valence-corrected chi connectivity index (χ0v) is 13.1. The number of H-pyrrole nitrogens is 1. The van der Waals surface area contributed by atoms with Crippen LogP contribution in [0.4, 0.5) is 4.39 Å². The van der Waals surface area contributed by atoms with E-state index in [4.69, 9.17) is 4.42 Å². The molecule has 2 heterocycles. The number of carbonyl (C=O) groups excluding carboxylic acids is 1. The van der Waals surface area contributed by atoms with E-state index in [0.717, 1.165) is 10.9 Å². The Morgan fingerprint density at radius 2 is 2.08 bits per heavy atom. The van der Waals surface area contributed by atoms with Crippen molar-refractivity contribution < 1.29 is 13.6 Å². The van der Waals surface area contributed by atoms with Crippen LogP contribution in [0.2, 0.25) is 0 Å². The van der Waals surface area contributed by atoms with Gasteiger partial charge < -0.3 is 9.73 Å².